The van der Waals surface area contributed by atoms with Gasteiger partial charge in [0.15, 0.2) is 0 Å². The molecule has 0 spiro atoms. The second-order valence-corrected chi connectivity index (χ2v) is 7.16. The van der Waals surface area contributed by atoms with Crippen molar-refractivity contribution in [2.45, 2.75) is 25.7 Å². The molecule has 0 aromatic heterocycles. The Morgan fingerprint density at radius 3 is 2.60 bits per heavy atom. The number of ether oxygens (including phenoxy) is 1. The van der Waals surface area contributed by atoms with Crippen LogP contribution in [0.5, 0.6) is 0 Å². The molecule has 0 heterocycles. The number of halogens is 1. The van der Waals surface area contributed by atoms with Crippen LogP contribution in [0.15, 0.2) is 17.0 Å². The Morgan fingerprint density at radius 2 is 2.05 bits per heavy atom. The van der Waals surface area contributed by atoms with E-state index in [-0.39, 0.29) is 11.4 Å². The second kappa shape index (κ2) is 7.26. The fourth-order valence-electron chi connectivity index (χ4n) is 1.48. The largest absolute Gasteiger partial charge is 0.398 e. The van der Waals surface area contributed by atoms with E-state index in [0.29, 0.717) is 35.4 Å². The van der Waals surface area contributed by atoms with Crippen molar-refractivity contribution in [2.24, 2.45) is 5.92 Å². The molecule has 7 heteroatoms. The third kappa shape index (κ3) is 4.94. The van der Waals surface area contributed by atoms with Gasteiger partial charge in [0.1, 0.15) is 0 Å². The number of benzene rings is 1. The van der Waals surface area contributed by atoms with Gasteiger partial charge in [0.25, 0.3) is 0 Å². The minimum absolute atomic E-state index is 0.0643. The van der Waals surface area contributed by atoms with E-state index in [2.05, 4.69) is 4.72 Å². The van der Waals surface area contributed by atoms with Gasteiger partial charge in [-0.3, -0.25) is 0 Å². The maximum absolute atomic E-state index is 12.1. The maximum Gasteiger partial charge on any atom is 0.240 e. The number of hydrogen-bond donors (Lipinski definition) is 2. The van der Waals surface area contributed by atoms with E-state index in [1.165, 1.54) is 12.1 Å². The van der Waals surface area contributed by atoms with Gasteiger partial charge in [-0.25, -0.2) is 13.1 Å². The molecule has 5 nitrogen and oxygen atoms in total. The quantitative estimate of drug-likeness (QED) is 0.596. The topological polar surface area (TPSA) is 81.4 Å². The summed E-state index contributed by atoms with van der Waals surface area (Å²) in [5.41, 5.74) is 6.75. The zero-order chi connectivity index (χ0) is 15.3. The summed E-state index contributed by atoms with van der Waals surface area (Å²) in [5.74, 6) is 0.419. The number of nitrogens with two attached hydrogens (primary N) is 1. The molecule has 0 saturated carbocycles. The summed E-state index contributed by atoms with van der Waals surface area (Å²) in [6, 6.07) is 2.79. The molecule has 114 valence electrons. The molecule has 0 aliphatic heterocycles. The Kier molecular flexibility index (Phi) is 6.26. The summed E-state index contributed by atoms with van der Waals surface area (Å²) in [6.07, 6.45) is 0. The summed E-state index contributed by atoms with van der Waals surface area (Å²) in [7, 11) is -3.62. The van der Waals surface area contributed by atoms with Crippen molar-refractivity contribution in [1.82, 2.24) is 4.72 Å². The summed E-state index contributed by atoms with van der Waals surface area (Å²) in [4.78, 5) is 0.0643. The molecule has 1 aromatic carbocycles. The van der Waals surface area contributed by atoms with Crippen LogP contribution in [-0.4, -0.2) is 28.2 Å². The number of sulfonamides is 1. The van der Waals surface area contributed by atoms with E-state index in [0.717, 1.165) is 0 Å². The normalized spacial score (nSPS) is 12.1. The van der Waals surface area contributed by atoms with E-state index < -0.39 is 10.0 Å². The van der Waals surface area contributed by atoms with Crippen molar-refractivity contribution < 1.29 is 13.2 Å². The first-order valence-corrected chi connectivity index (χ1v) is 8.23. The van der Waals surface area contributed by atoms with Gasteiger partial charge in [0, 0.05) is 23.9 Å². The molecule has 0 aliphatic carbocycles. The number of rotatable bonds is 7. The molecule has 0 fully saturated rings. The van der Waals surface area contributed by atoms with Crippen LogP contribution in [0.25, 0.3) is 0 Å². The number of nitrogens with one attached hydrogen (secondary N) is 1. The average molecular weight is 321 g/mol. The third-order valence-electron chi connectivity index (χ3n) is 2.66. The van der Waals surface area contributed by atoms with Gasteiger partial charge in [-0.2, -0.15) is 0 Å². The highest BCUT2D eigenvalue weighted by Crippen LogP contribution is 2.25. The molecule has 0 unspecified atom stereocenters. The zero-order valence-electron chi connectivity index (χ0n) is 11.9. The van der Waals surface area contributed by atoms with Crippen LogP contribution in [-0.2, 0) is 14.8 Å². The Hall–Kier alpha value is -0.820. The summed E-state index contributed by atoms with van der Waals surface area (Å²) in [6.45, 7) is 6.93. The molecule has 20 heavy (non-hydrogen) atoms. The van der Waals surface area contributed by atoms with Crippen molar-refractivity contribution in [3.8, 4) is 0 Å². The Labute approximate surface area is 125 Å². The van der Waals surface area contributed by atoms with Crippen molar-refractivity contribution in [1.29, 1.82) is 0 Å². The third-order valence-corrected chi connectivity index (χ3v) is 4.49. The Balaban J connectivity index is 2.65. The summed E-state index contributed by atoms with van der Waals surface area (Å²) >= 11 is 5.95. The molecular formula is C13H21ClN2O3S. The number of anilines is 1. The van der Waals surface area contributed by atoms with Gasteiger partial charge in [-0.15, -0.1) is 0 Å². The van der Waals surface area contributed by atoms with Crippen molar-refractivity contribution in [3.63, 3.8) is 0 Å². The van der Waals surface area contributed by atoms with E-state index in [1.807, 2.05) is 13.8 Å². The molecule has 0 amide bonds. The molecule has 0 bridgehead atoms. The molecule has 1 aromatic rings. The predicted molar refractivity (Wildman–Crippen MR) is 81.4 cm³/mol. The van der Waals surface area contributed by atoms with E-state index in [1.54, 1.807) is 6.92 Å². The molecule has 1 rings (SSSR count). The standard InChI is InChI=1S/C13H21ClN2O3S/c1-9(2)8-19-5-4-16-20(17,18)11-6-12(14)10(3)13(15)7-11/h6-7,9,16H,4-5,8,15H2,1-3H3. The first-order chi connectivity index (χ1) is 9.24. The second-order valence-electron chi connectivity index (χ2n) is 4.99. The predicted octanol–water partition coefficient (Wildman–Crippen LogP) is 2.18. The van der Waals surface area contributed by atoms with Crippen LogP contribution < -0.4 is 10.5 Å². The van der Waals surface area contributed by atoms with Gasteiger partial charge in [-0.05, 0) is 30.5 Å². The zero-order valence-corrected chi connectivity index (χ0v) is 13.5. The summed E-state index contributed by atoms with van der Waals surface area (Å²) < 4.78 is 31.9. The molecular weight excluding hydrogens is 300 g/mol. The van der Waals surface area contributed by atoms with E-state index in [9.17, 15) is 8.42 Å². The minimum Gasteiger partial charge on any atom is -0.398 e. The van der Waals surface area contributed by atoms with Gasteiger partial charge in [-0.1, -0.05) is 25.4 Å². The lowest BCUT2D eigenvalue weighted by Crippen LogP contribution is -2.28. The molecule has 0 radical (unpaired) electrons. The van der Waals surface area contributed by atoms with E-state index >= 15 is 0 Å². The Morgan fingerprint density at radius 1 is 1.40 bits per heavy atom. The van der Waals surface area contributed by atoms with E-state index in [4.69, 9.17) is 22.1 Å². The lowest BCUT2D eigenvalue weighted by Gasteiger charge is -2.11. The van der Waals surface area contributed by atoms with Crippen LogP contribution in [0.2, 0.25) is 5.02 Å². The van der Waals surface area contributed by atoms with Crippen LogP contribution >= 0.6 is 11.6 Å². The SMILES string of the molecule is Cc1c(N)cc(S(=O)(=O)NCCOCC(C)C)cc1Cl. The van der Waals surface area contributed by atoms with Crippen molar-refractivity contribution in [3.05, 3.63) is 22.7 Å². The fourth-order valence-corrected chi connectivity index (χ4v) is 2.85. The molecule has 0 aliphatic rings. The van der Waals surface area contributed by atoms with Gasteiger partial charge < -0.3 is 10.5 Å². The van der Waals surface area contributed by atoms with Gasteiger partial charge >= 0.3 is 0 Å². The highest BCUT2D eigenvalue weighted by molar-refractivity contribution is 7.89. The van der Waals surface area contributed by atoms with Crippen LogP contribution in [0, 0.1) is 12.8 Å². The fraction of sp³-hybridized carbons (Fsp3) is 0.538. The maximum atomic E-state index is 12.1. The first kappa shape index (κ1) is 17.2. The lowest BCUT2D eigenvalue weighted by molar-refractivity contribution is 0.114. The minimum atomic E-state index is -3.62. The first-order valence-electron chi connectivity index (χ1n) is 6.37. The highest BCUT2D eigenvalue weighted by atomic mass is 35.5. The van der Waals surface area contributed by atoms with Crippen molar-refractivity contribution in [2.75, 3.05) is 25.5 Å². The van der Waals surface area contributed by atoms with Crippen LogP contribution in [0.4, 0.5) is 5.69 Å². The smallest absolute Gasteiger partial charge is 0.240 e. The van der Waals surface area contributed by atoms with Gasteiger partial charge in [0.2, 0.25) is 10.0 Å². The monoisotopic (exact) mass is 320 g/mol. The molecule has 3 N–H and O–H groups in total. The van der Waals surface area contributed by atoms with Gasteiger partial charge in [0.05, 0.1) is 11.5 Å². The lowest BCUT2D eigenvalue weighted by atomic mass is 10.2. The average Bonchev–Trinajstić information content (AvgIpc) is 2.34. The van der Waals surface area contributed by atoms with Crippen LogP contribution in [0.1, 0.15) is 19.4 Å². The number of hydrogen-bond acceptors (Lipinski definition) is 4. The summed E-state index contributed by atoms with van der Waals surface area (Å²) in [5, 5.41) is 0.335. The van der Waals surface area contributed by atoms with Crippen LogP contribution in [0.3, 0.4) is 0 Å². The highest BCUT2D eigenvalue weighted by Gasteiger charge is 2.16. The molecule has 0 saturated heterocycles. The molecule has 0 atom stereocenters. The number of nitrogen functional groups attached to an aromatic ring is 1. The van der Waals surface area contributed by atoms with Crippen molar-refractivity contribution >= 4 is 27.3 Å². The Bertz CT molecular complexity index is 536.